The van der Waals surface area contributed by atoms with Crippen LogP contribution in [0.5, 0.6) is 5.75 Å². The highest BCUT2D eigenvalue weighted by Gasteiger charge is 2.23. The van der Waals surface area contributed by atoms with Gasteiger partial charge in [0.2, 0.25) is 0 Å². The van der Waals surface area contributed by atoms with Crippen LogP contribution in [0.3, 0.4) is 0 Å². The Morgan fingerprint density at radius 1 is 1.29 bits per heavy atom. The molecule has 0 aliphatic rings. The van der Waals surface area contributed by atoms with Gasteiger partial charge in [-0.3, -0.25) is 4.79 Å². The third-order valence-corrected chi connectivity index (χ3v) is 2.78. The summed E-state index contributed by atoms with van der Waals surface area (Å²) in [5.41, 5.74) is 1.07. The molecular formula is C14H19NO2. The summed E-state index contributed by atoms with van der Waals surface area (Å²) in [5.74, 6) is 0.875. The van der Waals surface area contributed by atoms with Gasteiger partial charge in [-0.1, -0.05) is 6.58 Å². The number of nitrogens with one attached hydrogen (secondary N) is 1. The van der Waals surface area contributed by atoms with E-state index in [1.165, 1.54) is 0 Å². The van der Waals surface area contributed by atoms with Gasteiger partial charge in [-0.15, -0.1) is 0 Å². The number of hydrogen-bond acceptors (Lipinski definition) is 3. The van der Waals surface area contributed by atoms with E-state index in [1.54, 1.807) is 14.0 Å². The Hall–Kier alpha value is -1.77. The van der Waals surface area contributed by atoms with E-state index in [2.05, 4.69) is 11.9 Å². The number of carbonyl (C=O) groups is 1. The fourth-order valence-electron chi connectivity index (χ4n) is 1.33. The molecule has 92 valence electrons. The normalized spacial score (nSPS) is 10.8. The molecule has 0 saturated carbocycles. The summed E-state index contributed by atoms with van der Waals surface area (Å²) in [6, 6.07) is 7.54. The smallest absolute Gasteiger partial charge is 0.154 e. The van der Waals surface area contributed by atoms with Crippen molar-refractivity contribution in [2.75, 3.05) is 7.11 Å². The fourth-order valence-corrected chi connectivity index (χ4v) is 1.33. The summed E-state index contributed by atoms with van der Waals surface area (Å²) in [6.07, 6.45) is 0. The third-order valence-electron chi connectivity index (χ3n) is 2.78. The van der Waals surface area contributed by atoms with Crippen molar-refractivity contribution >= 4 is 11.5 Å². The Morgan fingerprint density at radius 2 is 1.82 bits per heavy atom. The van der Waals surface area contributed by atoms with Crippen molar-refractivity contribution in [3.05, 3.63) is 36.4 Å². The topological polar surface area (TPSA) is 38.3 Å². The van der Waals surface area contributed by atoms with Gasteiger partial charge < -0.3 is 10.1 Å². The average Bonchev–Trinajstić information content (AvgIpc) is 2.28. The first kappa shape index (κ1) is 13.3. The van der Waals surface area contributed by atoms with Gasteiger partial charge in [0.05, 0.1) is 12.6 Å². The van der Waals surface area contributed by atoms with Crippen molar-refractivity contribution < 1.29 is 9.53 Å². The Bertz CT molecular complexity index is 418. The molecule has 1 N–H and O–H groups in total. The van der Waals surface area contributed by atoms with E-state index < -0.39 is 5.54 Å². The van der Waals surface area contributed by atoms with E-state index in [-0.39, 0.29) is 5.78 Å². The minimum absolute atomic E-state index is 0.0761. The molecule has 0 aliphatic heterocycles. The zero-order valence-corrected chi connectivity index (χ0v) is 10.8. The Balaban J connectivity index is 2.80. The molecule has 1 rings (SSSR count). The molecule has 17 heavy (non-hydrogen) atoms. The number of Topliss-reactive ketones (excluding diaryl/α,β-unsaturated/α-hetero) is 1. The lowest BCUT2D eigenvalue weighted by molar-refractivity contribution is -0.121. The van der Waals surface area contributed by atoms with Gasteiger partial charge in [0.1, 0.15) is 5.75 Å². The summed E-state index contributed by atoms with van der Waals surface area (Å²) in [6.45, 7) is 9.18. The predicted molar refractivity (Wildman–Crippen MR) is 69.9 cm³/mol. The van der Waals surface area contributed by atoms with E-state index in [1.807, 2.05) is 38.1 Å². The highest BCUT2D eigenvalue weighted by molar-refractivity contribution is 5.87. The van der Waals surface area contributed by atoms with Crippen LogP contribution in [0.1, 0.15) is 26.3 Å². The quantitative estimate of drug-likeness (QED) is 0.849. The molecule has 0 spiro atoms. The zero-order valence-electron chi connectivity index (χ0n) is 10.8. The summed E-state index contributed by atoms with van der Waals surface area (Å²) in [4.78, 5) is 11.4. The van der Waals surface area contributed by atoms with Crippen molar-refractivity contribution in [2.45, 2.75) is 26.3 Å². The number of benzene rings is 1. The van der Waals surface area contributed by atoms with Crippen LogP contribution in [-0.2, 0) is 4.79 Å². The molecular weight excluding hydrogens is 214 g/mol. The van der Waals surface area contributed by atoms with Gasteiger partial charge in [0.25, 0.3) is 0 Å². The number of rotatable bonds is 5. The molecule has 0 aromatic heterocycles. The number of methoxy groups -OCH3 is 1. The van der Waals surface area contributed by atoms with Gasteiger partial charge in [-0.25, -0.2) is 0 Å². The van der Waals surface area contributed by atoms with E-state index in [0.717, 1.165) is 17.0 Å². The highest BCUT2D eigenvalue weighted by Crippen LogP contribution is 2.18. The summed E-state index contributed by atoms with van der Waals surface area (Å²) in [5, 5.41) is 3.12. The predicted octanol–water partition coefficient (Wildman–Crippen LogP) is 2.62. The maximum Gasteiger partial charge on any atom is 0.154 e. The van der Waals surface area contributed by atoms with Crippen molar-refractivity contribution in [3.63, 3.8) is 0 Å². The van der Waals surface area contributed by atoms with Gasteiger partial charge >= 0.3 is 0 Å². The van der Waals surface area contributed by atoms with Gasteiger partial charge in [0.15, 0.2) is 5.78 Å². The monoisotopic (exact) mass is 233 g/mol. The molecule has 0 fully saturated rings. The molecule has 3 heteroatoms. The molecule has 0 heterocycles. The molecule has 1 aromatic rings. The standard InChI is InChI=1S/C14H19NO2/c1-10(15-14(3,4)11(2)16)12-6-8-13(17-5)9-7-12/h6-9,15H,1H2,2-5H3. The van der Waals surface area contributed by atoms with Crippen LogP contribution < -0.4 is 10.1 Å². The second kappa shape index (κ2) is 5.04. The van der Waals surface area contributed by atoms with E-state index in [9.17, 15) is 4.79 Å². The van der Waals surface area contributed by atoms with Crippen LogP contribution in [0.25, 0.3) is 5.70 Å². The minimum atomic E-state index is -0.600. The lowest BCUT2D eigenvalue weighted by atomic mass is 9.99. The fraction of sp³-hybridized carbons (Fsp3) is 0.357. The van der Waals surface area contributed by atoms with E-state index in [0.29, 0.717) is 0 Å². The number of carbonyl (C=O) groups excluding carboxylic acids is 1. The number of ether oxygens (including phenoxy) is 1. The van der Waals surface area contributed by atoms with Crippen LogP contribution in [-0.4, -0.2) is 18.4 Å². The molecule has 0 saturated heterocycles. The SMILES string of the molecule is C=C(NC(C)(C)C(C)=O)c1ccc(OC)cc1. The van der Waals surface area contributed by atoms with Crippen molar-refractivity contribution in [3.8, 4) is 5.75 Å². The average molecular weight is 233 g/mol. The maximum atomic E-state index is 11.4. The highest BCUT2D eigenvalue weighted by atomic mass is 16.5. The molecule has 0 atom stereocenters. The van der Waals surface area contributed by atoms with Crippen LogP contribution >= 0.6 is 0 Å². The molecule has 0 bridgehead atoms. The summed E-state index contributed by atoms with van der Waals surface area (Å²) in [7, 11) is 1.63. The van der Waals surface area contributed by atoms with Crippen LogP contribution in [0, 0.1) is 0 Å². The lowest BCUT2D eigenvalue weighted by Crippen LogP contribution is -2.44. The number of ketones is 1. The van der Waals surface area contributed by atoms with Crippen LogP contribution in [0.15, 0.2) is 30.8 Å². The zero-order chi connectivity index (χ0) is 13.1. The molecule has 0 aliphatic carbocycles. The molecule has 0 amide bonds. The molecule has 1 aromatic carbocycles. The first-order valence-corrected chi connectivity index (χ1v) is 5.49. The first-order chi connectivity index (χ1) is 7.86. The lowest BCUT2D eigenvalue weighted by Gasteiger charge is -2.25. The van der Waals surface area contributed by atoms with E-state index >= 15 is 0 Å². The second-order valence-electron chi connectivity index (χ2n) is 4.51. The molecule has 0 radical (unpaired) electrons. The largest absolute Gasteiger partial charge is 0.497 e. The molecule has 0 unspecified atom stereocenters. The Labute approximate surface area is 102 Å². The van der Waals surface area contributed by atoms with E-state index in [4.69, 9.17) is 4.74 Å². The van der Waals surface area contributed by atoms with Crippen molar-refractivity contribution in [1.29, 1.82) is 0 Å². The number of hydrogen-bond donors (Lipinski definition) is 1. The Kier molecular flexibility index (Phi) is 3.94. The third kappa shape index (κ3) is 3.34. The van der Waals surface area contributed by atoms with Crippen LogP contribution in [0.4, 0.5) is 0 Å². The van der Waals surface area contributed by atoms with Gasteiger partial charge in [0, 0.05) is 5.70 Å². The van der Waals surface area contributed by atoms with Crippen LogP contribution in [0.2, 0.25) is 0 Å². The Morgan fingerprint density at radius 3 is 2.24 bits per heavy atom. The summed E-state index contributed by atoms with van der Waals surface area (Å²) >= 11 is 0. The van der Waals surface area contributed by atoms with Gasteiger partial charge in [-0.2, -0.15) is 0 Å². The second-order valence-corrected chi connectivity index (χ2v) is 4.51. The van der Waals surface area contributed by atoms with Gasteiger partial charge in [-0.05, 0) is 50.6 Å². The molecule has 3 nitrogen and oxygen atoms in total. The van der Waals surface area contributed by atoms with Crippen molar-refractivity contribution in [2.24, 2.45) is 0 Å². The minimum Gasteiger partial charge on any atom is -0.497 e. The van der Waals surface area contributed by atoms with Crippen molar-refractivity contribution in [1.82, 2.24) is 5.32 Å². The maximum absolute atomic E-state index is 11.4. The summed E-state index contributed by atoms with van der Waals surface area (Å²) < 4.78 is 5.08. The first-order valence-electron chi connectivity index (χ1n) is 5.49.